The van der Waals surface area contributed by atoms with Crippen molar-refractivity contribution < 1.29 is 9.53 Å². The Bertz CT molecular complexity index is 868. The minimum atomic E-state index is -0.0848. The molecule has 3 aromatic rings. The molecule has 0 radical (unpaired) electrons. The molecule has 0 atom stereocenters. The number of anilines is 1. The van der Waals surface area contributed by atoms with E-state index < -0.39 is 0 Å². The number of nitrogens with zero attached hydrogens (tertiary/aromatic N) is 5. The molecule has 1 aromatic carbocycles. The molecule has 4 rings (SSSR count). The molecule has 3 heterocycles. The summed E-state index contributed by atoms with van der Waals surface area (Å²) in [7, 11) is 1.88. The Hall–Kier alpha value is -3.09. The number of hydrogen-bond acceptors (Lipinski definition) is 4. The molecule has 2 aromatic heterocycles. The summed E-state index contributed by atoms with van der Waals surface area (Å²) in [6.07, 6.45) is 3.52. The summed E-state index contributed by atoms with van der Waals surface area (Å²) in [5.74, 6) is 1.36. The molecule has 1 amide bonds. The van der Waals surface area contributed by atoms with Crippen molar-refractivity contribution in [2.75, 3.05) is 11.4 Å². The van der Waals surface area contributed by atoms with Gasteiger partial charge in [0.2, 0.25) is 0 Å². The van der Waals surface area contributed by atoms with Crippen molar-refractivity contribution in [3.05, 3.63) is 60.3 Å². The second-order valence-electron chi connectivity index (χ2n) is 5.70. The Balaban J connectivity index is 1.51. The van der Waals surface area contributed by atoms with Crippen molar-refractivity contribution in [2.45, 2.75) is 13.2 Å². The maximum Gasteiger partial charge on any atom is 0.277 e. The second-order valence-corrected chi connectivity index (χ2v) is 5.70. The van der Waals surface area contributed by atoms with Crippen LogP contribution in [0.1, 0.15) is 16.2 Å². The van der Waals surface area contributed by atoms with E-state index in [1.54, 1.807) is 22.0 Å². The van der Waals surface area contributed by atoms with E-state index in [0.29, 0.717) is 31.2 Å². The zero-order chi connectivity index (χ0) is 16.5. The van der Waals surface area contributed by atoms with E-state index in [4.69, 9.17) is 4.74 Å². The molecule has 7 nitrogen and oxygen atoms in total. The smallest absolute Gasteiger partial charge is 0.277 e. The predicted molar refractivity (Wildman–Crippen MR) is 87.9 cm³/mol. The molecular formula is C17H17N5O2. The number of benzene rings is 1. The maximum atomic E-state index is 12.7. The van der Waals surface area contributed by atoms with Gasteiger partial charge in [-0.25, -0.2) is 4.98 Å². The number of para-hydroxylation sites is 1. The normalized spacial score (nSPS) is 13.9. The van der Waals surface area contributed by atoms with Crippen LogP contribution in [0, 0.1) is 0 Å². The Morgan fingerprint density at radius 1 is 1.21 bits per heavy atom. The summed E-state index contributed by atoms with van der Waals surface area (Å²) in [6.45, 7) is 1.54. The number of carbonyl (C=O) groups excluding carboxylic acids is 1. The standard InChI is InChI=1S/C17H17N5O2/c1-20-10-16(18-12-20)21-7-8-22-15(17(21)23)9-13(19-22)11-24-14-5-3-2-4-6-14/h2-6,9-10,12H,7-8,11H2,1H3. The van der Waals surface area contributed by atoms with Crippen molar-refractivity contribution in [1.29, 1.82) is 0 Å². The van der Waals surface area contributed by atoms with Gasteiger partial charge in [-0.05, 0) is 18.2 Å². The van der Waals surface area contributed by atoms with Crippen molar-refractivity contribution in [1.82, 2.24) is 19.3 Å². The van der Waals surface area contributed by atoms with Gasteiger partial charge in [-0.15, -0.1) is 0 Å². The lowest BCUT2D eigenvalue weighted by molar-refractivity contribution is 0.0961. The third-order valence-electron chi connectivity index (χ3n) is 3.93. The maximum absolute atomic E-state index is 12.7. The number of imidazole rings is 1. The highest BCUT2D eigenvalue weighted by molar-refractivity contribution is 6.05. The summed E-state index contributed by atoms with van der Waals surface area (Å²) in [5.41, 5.74) is 1.31. The van der Waals surface area contributed by atoms with Crippen LogP contribution in [0.2, 0.25) is 0 Å². The lowest BCUT2D eigenvalue weighted by atomic mass is 10.2. The highest BCUT2D eigenvalue weighted by atomic mass is 16.5. The Morgan fingerprint density at radius 3 is 2.79 bits per heavy atom. The zero-order valence-corrected chi connectivity index (χ0v) is 13.3. The van der Waals surface area contributed by atoms with E-state index >= 15 is 0 Å². The molecule has 24 heavy (non-hydrogen) atoms. The Kier molecular flexibility index (Phi) is 3.53. The number of ether oxygens (including phenoxy) is 1. The largest absolute Gasteiger partial charge is 0.487 e. The summed E-state index contributed by atoms with van der Waals surface area (Å²) in [5, 5.41) is 4.47. The molecule has 1 aliphatic rings. The van der Waals surface area contributed by atoms with Gasteiger partial charge in [-0.1, -0.05) is 18.2 Å². The van der Waals surface area contributed by atoms with E-state index in [2.05, 4.69) is 10.1 Å². The number of hydrogen-bond donors (Lipinski definition) is 0. The average Bonchev–Trinajstić information content (AvgIpc) is 3.21. The van der Waals surface area contributed by atoms with Crippen LogP contribution in [-0.4, -0.2) is 31.8 Å². The van der Waals surface area contributed by atoms with Crippen LogP contribution in [0.4, 0.5) is 5.82 Å². The molecule has 0 fully saturated rings. The number of aryl methyl sites for hydroxylation is 1. The first kappa shape index (κ1) is 14.5. The second kappa shape index (κ2) is 5.84. The van der Waals surface area contributed by atoms with Gasteiger partial charge in [-0.2, -0.15) is 5.10 Å². The molecule has 0 spiro atoms. The average molecular weight is 323 g/mol. The number of fused-ring (bicyclic) bond motifs is 1. The third-order valence-corrected chi connectivity index (χ3v) is 3.93. The van der Waals surface area contributed by atoms with Crippen molar-refractivity contribution in [3.8, 4) is 5.75 Å². The van der Waals surface area contributed by atoms with Gasteiger partial charge >= 0.3 is 0 Å². The van der Waals surface area contributed by atoms with E-state index in [9.17, 15) is 4.79 Å². The zero-order valence-electron chi connectivity index (χ0n) is 13.3. The first-order chi connectivity index (χ1) is 11.7. The fourth-order valence-electron chi connectivity index (χ4n) is 2.75. The van der Waals surface area contributed by atoms with Crippen molar-refractivity contribution in [3.63, 3.8) is 0 Å². The monoisotopic (exact) mass is 323 g/mol. The molecule has 0 unspecified atom stereocenters. The van der Waals surface area contributed by atoms with Gasteiger partial charge in [-0.3, -0.25) is 14.4 Å². The predicted octanol–water partition coefficient (Wildman–Crippen LogP) is 1.86. The van der Waals surface area contributed by atoms with Crippen molar-refractivity contribution >= 4 is 11.7 Å². The first-order valence-corrected chi connectivity index (χ1v) is 7.75. The van der Waals surface area contributed by atoms with Crippen LogP contribution < -0.4 is 9.64 Å². The fraction of sp³-hybridized carbons (Fsp3) is 0.235. The highest BCUT2D eigenvalue weighted by Crippen LogP contribution is 2.20. The SMILES string of the molecule is Cn1cnc(N2CCn3nc(COc4ccccc4)cc3C2=O)c1. The summed E-state index contributed by atoms with van der Waals surface area (Å²) >= 11 is 0. The quantitative estimate of drug-likeness (QED) is 0.735. The van der Waals surface area contributed by atoms with Gasteiger partial charge in [0.05, 0.1) is 12.9 Å². The molecule has 122 valence electrons. The minimum absolute atomic E-state index is 0.0848. The van der Waals surface area contributed by atoms with Gasteiger partial charge in [0.25, 0.3) is 5.91 Å². The van der Waals surface area contributed by atoms with E-state index in [-0.39, 0.29) is 5.91 Å². The number of aromatic nitrogens is 4. The van der Waals surface area contributed by atoms with Gasteiger partial charge in [0.15, 0.2) is 5.82 Å². The topological polar surface area (TPSA) is 65.2 Å². The number of amides is 1. The van der Waals surface area contributed by atoms with Crippen molar-refractivity contribution in [2.24, 2.45) is 7.05 Å². The number of carbonyl (C=O) groups is 1. The molecule has 1 aliphatic heterocycles. The Morgan fingerprint density at radius 2 is 2.04 bits per heavy atom. The van der Waals surface area contributed by atoms with Crippen LogP contribution in [0.25, 0.3) is 0 Å². The lowest BCUT2D eigenvalue weighted by Crippen LogP contribution is -2.40. The van der Waals surface area contributed by atoms with Gasteiger partial charge < -0.3 is 9.30 Å². The van der Waals surface area contributed by atoms with Crippen LogP contribution >= 0.6 is 0 Å². The van der Waals surface area contributed by atoms with Crippen LogP contribution in [0.15, 0.2) is 48.9 Å². The molecule has 0 aliphatic carbocycles. The first-order valence-electron chi connectivity index (χ1n) is 7.75. The van der Waals surface area contributed by atoms with Crippen LogP contribution in [-0.2, 0) is 20.2 Å². The summed E-state index contributed by atoms with van der Waals surface area (Å²) in [4.78, 5) is 18.6. The summed E-state index contributed by atoms with van der Waals surface area (Å²) < 4.78 is 9.27. The van der Waals surface area contributed by atoms with Gasteiger partial charge in [0, 0.05) is 19.8 Å². The summed E-state index contributed by atoms with van der Waals surface area (Å²) in [6, 6.07) is 11.4. The molecular weight excluding hydrogens is 306 g/mol. The fourth-order valence-corrected chi connectivity index (χ4v) is 2.75. The minimum Gasteiger partial charge on any atom is -0.487 e. The van der Waals surface area contributed by atoms with E-state index in [1.165, 1.54) is 0 Å². The van der Waals surface area contributed by atoms with E-state index in [0.717, 1.165) is 11.4 Å². The Labute approximate surface area is 139 Å². The van der Waals surface area contributed by atoms with E-state index in [1.807, 2.05) is 48.1 Å². The molecule has 7 heteroatoms. The molecule has 0 saturated carbocycles. The lowest BCUT2D eigenvalue weighted by Gasteiger charge is -2.25. The molecule has 0 saturated heterocycles. The molecule has 0 bridgehead atoms. The third kappa shape index (κ3) is 2.64. The number of rotatable bonds is 4. The molecule has 0 N–H and O–H groups in total. The van der Waals surface area contributed by atoms with Crippen LogP contribution in [0.3, 0.4) is 0 Å². The highest BCUT2D eigenvalue weighted by Gasteiger charge is 2.28. The van der Waals surface area contributed by atoms with Gasteiger partial charge in [0.1, 0.15) is 23.7 Å². The van der Waals surface area contributed by atoms with Crippen LogP contribution in [0.5, 0.6) is 5.75 Å².